The Morgan fingerprint density at radius 1 is 1.35 bits per heavy atom. The van der Waals surface area contributed by atoms with Gasteiger partial charge in [-0.25, -0.2) is 8.78 Å². The highest BCUT2D eigenvalue weighted by atomic mass is 19.2. The van der Waals surface area contributed by atoms with Crippen molar-refractivity contribution in [2.75, 3.05) is 13.6 Å². The van der Waals surface area contributed by atoms with Gasteiger partial charge in [0, 0.05) is 7.05 Å². The lowest BCUT2D eigenvalue weighted by atomic mass is 10.0. The normalized spacial score (nSPS) is 20.5. The summed E-state index contributed by atoms with van der Waals surface area (Å²) in [5.41, 5.74) is 0.593. The van der Waals surface area contributed by atoms with Crippen LogP contribution in [0, 0.1) is 11.6 Å². The summed E-state index contributed by atoms with van der Waals surface area (Å²) in [6.45, 7) is 2.66. The smallest absolute Gasteiger partial charge is 0.239 e. The van der Waals surface area contributed by atoms with Gasteiger partial charge in [0.25, 0.3) is 0 Å². The molecule has 5 heteroatoms. The second-order valence-corrected chi connectivity index (χ2v) is 5.30. The Morgan fingerprint density at radius 2 is 2.10 bits per heavy atom. The lowest BCUT2D eigenvalue weighted by Crippen LogP contribution is -2.47. The first-order valence-corrected chi connectivity index (χ1v) is 6.95. The Bertz CT molecular complexity index is 487. The molecule has 1 aromatic carbocycles. The number of amides is 1. The van der Waals surface area contributed by atoms with Crippen LogP contribution in [0.4, 0.5) is 8.78 Å². The van der Waals surface area contributed by atoms with Crippen molar-refractivity contribution in [1.29, 1.82) is 0 Å². The highest BCUT2D eigenvalue weighted by Gasteiger charge is 2.27. The minimum Gasteiger partial charge on any atom is -0.338 e. The van der Waals surface area contributed by atoms with Gasteiger partial charge in [-0.05, 0) is 44.0 Å². The molecule has 1 N–H and O–H groups in total. The Balaban J connectivity index is 2.08. The van der Waals surface area contributed by atoms with E-state index >= 15 is 0 Å². The molecule has 1 aliphatic rings. The second kappa shape index (κ2) is 6.31. The third-order valence-electron chi connectivity index (χ3n) is 3.96. The van der Waals surface area contributed by atoms with E-state index in [0.717, 1.165) is 37.9 Å². The summed E-state index contributed by atoms with van der Waals surface area (Å²) < 4.78 is 26.2. The third-order valence-corrected chi connectivity index (χ3v) is 3.96. The molecule has 0 radical (unpaired) electrons. The number of rotatable bonds is 3. The molecule has 3 nitrogen and oxygen atoms in total. The maximum atomic E-state index is 13.3. The van der Waals surface area contributed by atoms with Gasteiger partial charge in [-0.3, -0.25) is 4.79 Å². The molecule has 1 heterocycles. The molecule has 1 aromatic rings. The lowest BCUT2D eigenvalue weighted by molar-refractivity contribution is -0.134. The summed E-state index contributed by atoms with van der Waals surface area (Å²) >= 11 is 0. The van der Waals surface area contributed by atoms with Crippen LogP contribution in [0.2, 0.25) is 0 Å². The summed E-state index contributed by atoms with van der Waals surface area (Å²) in [6, 6.07) is 3.31. The SMILES string of the molecule is CC(c1ccc(F)c(F)c1)N(C)C(=O)C1CCCCN1. The molecule has 2 rings (SSSR count). The van der Waals surface area contributed by atoms with Crippen LogP contribution in [0.15, 0.2) is 18.2 Å². The van der Waals surface area contributed by atoms with Gasteiger partial charge in [0.1, 0.15) is 0 Å². The van der Waals surface area contributed by atoms with Crippen LogP contribution in [-0.4, -0.2) is 30.4 Å². The van der Waals surface area contributed by atoms with E-state index in [1.165, 1.54) is 6.07 Å². The van der Waals surface area contributed by atoms with Crippen LogP contribution < -0.4 is 5.32 Å². The van der Waals surface area contributed by atoms with Crippen LogP contribution in [0.25, 0.3) is 0 Å². The highest BCUT2D eigenvalue weighted by molar-refractivity contribution is 5.82. The fourth-order valence-electron chi connectivity index (χ4n) is 2.50. The van der Waals surface area contributed by atoms with Gasteiger partial charge < -0.3 is 10.2 Å². The first-order valence-electron chi connectivity index (χ1n) is 6.95. The maximum Gasteiger partial charge on any atom is 0.239 e. The molecule has 0 bridgehead atoms. The Labute approximate surface area is 118 Å². The van der Waals surface area contributed by atoms with Crippen molar-refractivity contribution in [1.82, 2.24) is 10.2 Å². The summed E-state index contributed by atoms with van der Waals surface area (Å²) in [5.74, 6) is -1.75. The van der Waals surface area contributed by atoms with E-state index in [9.17, 15) is 13.6 Å². The van der Waals surface area contributed by atoms with Gasteiger partial charge in [-0.1, -0.05) is 12.5 Å². The molecule has 1 amide bonds. The fourth-order valence-corrected chi connectivity index (χ4v) is 2.50. The van der Waals surface area contributed by atoms with Crippen LogP contribution in [0.3, 0.4) is 0 Å². The summed E-state index contributed by atoms with van der Waals surface area (Å²) in [5, 5.41) is 3.20. The zero-order valence-corrected chi connectivity index (χ0v) is 11.8. The van der Waals surface area contributed by atoms with E-state index in [1.54, 1.807) is 11.9 Å². The molecule has 20 heavy (non-hydrogen) atoms. The molecule has 1 aliphatic heterocycles. The quantitative estimate of drug-likeness (QED) is 0.924. The van der Waals surface area contributed by atoms with Crippen LogP contribution in [0.1, 0.15) is 37.8 Å². The van der Waals surface area contributed by atoms with E-state index in [0.29, 0.717) is 5.56 Å². The molecule has 2 atom stereocenters. The van der Waals surface area contributed by atoms with Crippen LogP contribution >= 0.6 is 0 Å². The first kappa shape index (κ1) is 14.9. The predicted octanol–water partition coefficient (Wildman–Crippen LogP) is 2.63. The van der Waals surface area contributed by atoms with E-state index < -0.39 is 11.6 Å². The second-order valence-electron chi connectivity index (χ2n) is 5.30. The van der Waals surface area contributed by atoms with Gasteiger partial charge in [-0.2, -0.15) is 0 Å². The van der Waals surface area contributed by atoms with Gasteiger partial charge in [0.15, 0.2) is 11.6 Å². The molecule has 0 spiro atoms. The Morgan fingerprint density at radius 3 is 2.70 bits per heavy atom. The van der Waals surface area contributed by atoms with Crippen LogP contribution in [-0.2, 0) is 4.79 Å². The van der Waals surface area contributed by atoms with E-state index in [-0.39, 0.29) is 18.0 Å². The summed E-state index contributed by atoms with van der Waals surface area (Å²) in [4.78, 5) is 14.0. The first-order chi connectivity index (χ1) is 9.50. The van der Waals surface area contributed by atoms with Gasteiger partial charge in [0.2, 0.25) is 5.91 Å². The van der Waals surface area contributed by atoms with Crippen LogP contribution in [0.5, 0.6) is 0 Å². The van der Waals surface area contributed by atoms with E-state index in [1.807, 2.05) is 6.92 Å². The molecule has 1 saturated heterocycles. The maximum absolute atomic E-state index is 13.3. The van der Waals surface area contributed by atoms with Gasteiger partial charge >= 0.3 is 0 Å². The van der Waals surface area contributed by atoms with Crippen molar-refractivity contribution in [2.45, 2.75) is 38.3 Å². The largest absolute Gasteiger partial charge is 0.338 e. The topological polar surface area (TPSA) is 32.3 Å². The monoisotopic (exact) mass is 282 g/mol. The summed E-state index contributed by atoms with van der Waals surface area (Å²) in [6.07, 6.45) is 2.96. The number of benzene rings is 1. The predicted molar refractivity (Wildman–Crippen MR) is 73.2 cm³/mol. The van der Waals surface area contributed by atoms with Gasteiger partial charge in [0.05, 0.1) is 12.1 Å². The Hall–Kier alpha value is -1.49. The molecular formula is C15H20F2N2O. The van der Waals surface area contributed by atoms with E-state index in [2.05, 4.69) is 5.32 Å². The average Bonchev–Trinajstić information content (AvgIpc) is 2.48. The van der Waals surface area contributed by atoms with Crippen molar-refractivity contribution >= 4 is 5.91 Å². The minimum absolute atomic E-state index is 0.00179. The van der Waals surface area contributed by atoms with Gasteiger partial charge in [-0.15, -0.1) is 0 Å². The number of piperidine rings is 1. The van der Waals surface area contributed by atoms with Crippen molar-refractivity contribution in [3.63, 3.8) is 0 Å². The standard InChI is InChI=1S/C15H20F2N2O/c1-10(11-6-7-12(16)13(17)9-11)19(2)15(20)14-5-3-4-8-18-14/h6-7,9-10,14,18H,3-5,8H2,1-2H3. The average molecular weight is 282 g/mol. The molecule has 110 valence electrons. The zero-order chi connectivity index (χ0) is 14.7. The van der Waals surface area contributed by atoms with Crippen molar-refractivity contribution < 1.29 is 13.6 Å². The van der Waals surface area contributed by atoms with Crippen molar-refractivity contribution in [3.05, 3.63) is 35.4 Å². The molecule has 0 saturated carbocycles. The number of likely N-dealkylation sites (N-methyl/N-ethyl adjacent to an activating group) is 1. The zero-order valence-electron chi connectivity index (χ0n) is 11.8. The number of hydrogen-bond acceptors (Lipinski definition) is 2. The Kier molecular flexibility index (Phi) is 4.70. The van der Waals surface area contributed by atoms with Crippen molar-refractivity contribution in [2.24, 2.45) is 0 Å². The van der Waals surface area contributed by atoms with Crippen molar-refractivity contribution in [3.8, 4) is 0 Å². The lowest BCUT2D eigenvalue weighted by Gasteiger charge is -2.31. The number of hydrogen-bond donors (Lipinski definition) is 1. The number of carbonyl (C=O) groups is 1. The molecule has 1 fully saturated rings. The van der Waals surface area contributed by atoms with E-state index in [4.69, 9.17) is 0 Å². The number of nitrogens with zero attached hydrogens (tertiary/aromatic N) is 1. The third kappa shape index (κ3) is 3.15. The number of carbonyl (C=O) groups excluding carboxylic acids is 1. The number of nitrogens with one attached hydrogen (secondary N) is 1. The summed E-state index contributed by atoms with van der Waals surface area (Å²) in [7, 11) is 1.70. The fraction of sp³-hybridized carbons (Fsp3) is 0.533. The highest BCUT2D eigenvalue weighted by Crippen LogP contribution is 2.22. The minimum atomic E-state index is -0.883. The molecular weight excluding hydrogens is 262 g/mol. The molecule has 0 aromatic heterocycles. The number of halogens is 2. The molecule has 2 unspecified atom stereocenters. The molecule has 0 aliphatic carbocycles.